The van der Waals surface area contributed by atoms with Crippen molar-refractivity contribution < 1.29 is 0 Å². The van der Waals surface area contributed by atoms with Gasteiger partial charge in [0.15, 0.2) is 5.65 Å². The van der Waals surface area contributed by atoms with E-state index in [2.05, 4.69) is 20.5 Å². The van der Waals surface area contributed by atoms with E-state index in [9.17, 15) is 0 Å². The molecule has 0 aromatic carbocycles. The van der Waals surface area contributed by atoms with Gasteiger partial charge in [0.25, 0.3) is 0 Å². The van der Waals surface area contributed by atoms with Crippen LogP contribution < -0.4 is 5.32 Å². The van der Waals surface area contributed by atoms with Crippen LogP contribution in [0.3, 0.4) is 0 Å². The molecule has 0 saturated heterocycles. The van der Waals surface area contributed by atoms with E-state index < -0.39 is 0 Å². The summed E-state index contributed by atoms with van der Waals surface area (Å²) in [4.78, 5) is 4.41. The molecule has 0 bridgehead atoms. The molecule has 0 amide bonds. The highest BCUT2D eigenvalue weighted by Gasteiger charge is 2.08. The fourth-order valence-electron chi connectivity index (χ4n) is 1.70. The van der Waals surface area contributed by atoms with Gasteiger partial charge in [-0.2, -0.15) is 0 Å². The predicted octanol–water partition coefficient (Wildman–Crippen LogP) is 0.503. The molecule has 0 atom stereocenters. The number of fused-ring (bicyclic) bond motifs is 1. The quantitative estimate of drug-likeness (QED) is 0.793. The molecule has 2 aromatic heterocycles. The van der Waals surface area contributed by atoms with Crippen LogP contribution in [0, 0.1) is 13.8 Å². The Morgan fingerprint density at radius 3 is 2.87 bits per heavy atom. The normalized spacial score (nSPS) is 11.1. The molecule has 2 rings (SSSR count). The fraction of sp³-hybridized carbons (Fsp3) is 0.500. The molecule has 5 nitrogen and oxygen atoms in total. The van der Waals surface area contributed by atoms with Crippen LogP contribution in [0.25, 0.3) is 5.65 Å². The Morgan fingerprint density at radius 2 is 2.13 bits per heavy atom. The zero-order valence-corrected chi connectivity index (χ0v) is 9.28. The number of likely N-dealkylation sites (N-methyl/N-ethyl adjacent to an activating group) is 1. The molecule has 0 aliphatic carbocycles. The predicted molar refractivity (Wildman–Crippen MR) is 57.9 cm³/mol. The Bertz CT molecular complexity index is 474. The van der Waals surface area contributed by atoms with Crippen molar-refractivity contribution in [2.24, 2.45) is 0 Å². The number of rotatable bonds is 3. The van der Waals surface area contributed by atoms with Crippen molar-refractivity contribution in [1.82, 2.24) is 24.9 Å². The van der Waals surface area contributed by atoms with Crippen molar-refractivity contribution in [3.8, 4) is 0 Å². The van der Waals surface area contributed by atoms with Gasteiger partial charge < -0.3 is 5.32 Å². The Kier molecular flexibility index (Phi) is 2.64. The zero-order chi connectivity index (χ0) is 10.8. The molecular weight excluding hydrogens is 190 g/mol. The standard InChI is InChI=1S/C10H15N5/c1-7-6-10-14-13-9(4-5-11-3)15(10)8(2)12-7/h6,11H,4-5H2,1-3H3. The minimum Gasteiger partial charge on any atom is -0.319 e. The molecule has 0 aliphatic heterocycles. The van der Waals surface area contributed by atoms with Crippen LogP contribution in [0.5, 0.6) is 0 Å². The number of hydrogen-bond donors (Lipinski definition) is 1. The van der Waals surface area contributed by atoms with Crippen molar-refractivity contribution in [3.63, 3.8) is 0 Å². The first kappa shape index (κ1) is 10.0. The third-order valence-corrected chi connectivity index (χ3v) is 2.35. The monoisotopic (exact) mass is 205 g/mol. The fourth-order valence-corrected chi connectivity index (χ4v) is 1.70. The molecule has 5 heteroatoms. The van der Waals surface area contributed by atoms with E-state index >= 15 is 0 Å². The van der Waals surface area contributed by atoms with E-state index in [0.29, 0.717) is 0 Å². The summed E-state index contributed by atoms with van der Waals surface area (Å²) >= 11 is 0. The smallest absolute Gasteiger partial charge is 0.164 e. The first-order valence-corrected chi connectivity index (χ1v) is 5.05. The largest absolute Gasteiger partial charge is 0.319 e. The van der Waals surface area contributed by atoms with Gasteiger partial charge in [0.05, 0.1) is 0 Å². The Labute approximate surface area is 88.6 Å². The number of hydrogen-bond acceptors (Lipinski definition) is 4. The third-order valence-electron chi connectivity index (χ3n) is 2.35. The summed E-state index contributed by atoms with van der Waals surface area (Å²) in [6.07, 6.45) is 0.864. The van der Waals surface area contributed by atoms with Crippen molar-refractivity contribution in [1.29, 1.82) is 0 Å². The lowest BCUT2D eigenvalue weighted by Crippen LogP contribution is -2.13. The molecule has 2 heterocycles. The molecule has 0 aliphatic rings. The van der Waals surface area contributed by atoms with Crippen LogP contribution in [0.2, 0.25) is 0 Å². The van der Waals surface area contributed by atoms with Crippen molar-refractivity contribution >= 4 is 5.65 Å². The number of aryl methyl sites for hydroxylation is 2. The zero-order valence-electron chi connectivity index (χ0n) is 9.28. The molecule has 1 N–H and O–H groups in total. The van der Waals surface area contributed by atoms with E-state index in [1.165, 1.54) is 0 Å². The highest BCUT2D eigenvalue weighted by Crippen LogP contribution is 2.08. The molecule has 15 heavy (non-hydrogen) atoms. The molecule has 2 aromatic rings. The van der Waals surface area contributed by atoms with E-state index in [0.717, 1.165) is 36.0 Å². The van der Waals surface area contributed by atoms with Gasteiger partial charge in [0.1, 0.15) is 11.6 Å². The molecule has 0 spiro atoms. The Hall–Kier alpha value is -1.49. The second kappa shape index (κ2) is 3.94. The van der Waals surface area contributed by atoms with Gasteiger partial charge in [0.2, 0.25) is 0 Å². The maximum Gasteiger partial charge on any atom is 0.164 e. The minimum atomic E-state index is 0.864. The average Bonchev–Trinajstić information content (AvgIpc) is 2.58. The Morgan fingerprint density at radius 1 is 1.33 bits per heavy atom. The summed E-state index contributed by atoms with van der Waals surface area (Å²) in [6, 6.07) is 1.95. The summed E-state index contributed by atoms with van der Waals surface area (Å²) < 4.78 is 2.00. The average molecular weight is 205 g/mol. The number of nitrogens with one attached hydrogen (secondary N) is 1. The first-order chi connectivity index (χ1) is 7.22. The molecule has 80 valence electrons. The Balaban J connectivity index is 2.49. The lowest BCUT2D eigenvalue weighted by molar-refractivity contribution is 0.738. The molecular formula is C10H15N5. The van der Waals surface area contributed by atoms with Crippen LogP contribution in [0.4, 0.5) is 0 Å². The lowest BCUT2D eigenvalue weighted by Gasteiger charge is -2.03. The van der Waals surface area contributed by atoms with Gasteiger partial charge >= 0.3 is 0 Å². The van der Waals surface area contributed by atoms with Gasteiger partial charge in [-0.25, -0.2) is 4.98 Å². The highest BCUT2D eigenvalue weighted by atomic mass is 15.3. The molecule has 0 saturated carbocycles. The summed E-state index contributed by atoms with van der Waals surface area (Å²) in [5.74, 6) is 1.91. The van der Waals surface area contributed by atoms with Gasteiger partial charge in [-0.15, -0.1) is 10.2 Å². The van der Waals surface area contributed by atoms with Crippen LogP contribution in [-0.2, 0) is 6.42 Å². The number of nitrogens with zero attached hydrogens (tertiary/aromatic N) is 4. The maximum atomic E-state index is 4.41. The van der Waals surface area contributed by atoms with Crippen LogP contribution in [0.1, 0.15) is 17.3 Å². The summed E-state index contributed by atoms with van der Waals surface area (Å²) in [5.41, 5.74) is 1.86. The van der Waals surface area contributed by atoms with E-state index in [4.69, 9.17) is 0 Å². The number of aromatic nitrogens is 4. The molecule has 0 radical (unpaired) electrons. The van der Waals surface area contributed by atoms with Gasteiger partial charge in [-0.3, -0.25) is 4.40 Å². The van der Waals surface area contributed by atoms with E-state index in [1.54, 1.807) is 0 Å². The first-order valence-electron chi connectivity index (χ1n) is 5.05. The van der Waals surface area contributed by atoms with Gasteiger partial charge in [0, 0.05) is 24.7 Å². The second-order valence-electron chi connectivity index (χ2n) is 3.61. The molecule has 0 fully saturated rings. The van der Waals surface area contributed by atoms with Gasteiger partial charge in [-0.05, 0) is 20.9 Å². The summed E-state index contributed by atoms with van der Waals surface area (Å²) in [6.45, 7) is 4.84. The van der Waals surface area contributed by atoms with E-state index in [1.807, 2.05) is 31.4 Å². The SMILES string of the molecule is CNCCc1nnc2cc(C)nc(C)n12. The van der Waals surface area contributed by atoms with Crippen molar-refractivity contribution in [2.75, 3.05) is 13.6 Å². The molecule has 0 unspecified atom stereocenters. The minimum absolute atomic E-state index is 0.864. The van der Waals surface area contributed by atoms with Crippen molar-refractivity contribution in [2.45, 2.75) is 20.3 Å². The van der Waals surface area contributed by atoms with Gasteiger partial charge in [-0.1, -0.05) is 0 Å². The van der Waals surface area contributed by atoms with Crippen LogP contribution in [-0.4, -0.2) is 33.2 Å². The van der Waals surface area contributed by atoms with Crippen LogP contribution >= 0.6 is 0 Å². The van der Waals surface area contributed by atoms with Crippen LogP contribution in [0.15, 0.2) is 6.07 Å². The topological polar surface area (TPSA) is 55.1 Å². The highest BCUT2D eigenvalue weighted by molar-refractivity contribution is 5.39. The van der Waals surface area contributed by atoms with Crippen molar-refractivity contribution in [3.05, 3.63) is 23.4 Å². The summed E-state index contributed by atoms with van der Waals surface area (Å²) in [5, 5.41) is 11.4. The third kappa shape index (κ3) is 1.83. The van der Waals surface area contributed by atoms with E-state index in [-0.39, 0.29) is 0 Å². The second-order valence-corrected chi connectivity index (χ2v) is 3.61. The summed E-state index contributed by atoms with van der Waals surface area (Å²) in [7, 11) is 1.93. The lowest BCUT2D eigenvalue weighted by atomic mass is 10.3. The maximum absolute atomic E-state index is 4.41.